The van der Waals surface area contributed by atoms with Crippen molar-refractivity contribution in [3.8, 4) is 17.2 Å². The van der Waals surface area contributed by atoms with Gasteiger partial charge in [-0.05, 0) is 80.6 Å². The molecule has 1 amide bonds. The van der Waals surface area contributed by atoms with Gasteiger partial charge >= 0.3 is 0 Å². The van der Waals surface area contributed by atoms with Crippen LogP contribution in [0.5, 0.6) is 11.5 Å². The molecule has 0 aliphatic carbocycles. The van der Waals surface area contributed by atoms with Crippen LogP contribution in [0.25, 0.3) is 16.6 Å². The van der Waals surface area contributed by atoms with Gasteiger partial charge in [0.1, 0.15) is 17.3 Å². The molecule has 39 heavy (non-hydrogen) atoms. The Kier molecular flexibility index (Phi) is 8.38. The zero-order valence-corrected chi connectivity index (χ0v) is 23.8. The van der Waals surface area contributed by atoms with E-state index in [9.17, 15) is 9.59 Å². The van der Waals surface area contributed by atoms with Crippen molar-refractivity contribution in [2.45, 2.75) is 47.1 Å². The Morgan fingerprint density at radius 2 is 1.59 bits per heavy atom. The van der Waals surface area contributed by atoms with Crippen molar-refractivity contribution in [3.05, 3.63) is 93.5 Å². The minimum absolute atomic E-state index is 0.162. The molecule has 0 bridgehead atoms. The summed E-state index contributed by atoms with van der Waals surface area (Å²) in [7, 11) is 3.12. The van der Waals surface area contributed by atoms with Crippen LogP contribution in [0.2, 0.25) is 0 Å². The van der Waals surface area contributed by atoms with Gasteiger partial charge in [-0.2, -0.15) is 0 Å². The number of para-hydroxylation sites is 1. The number of amides is 1. The molecule has 1 heterocycles. The lowest BCUT2D eigenvalue weighted by molar-refractivity contribution is 0.0670. The molecule has 0 saturated heterocycles. The predicted molar refractivity (Wildman–Crippen MR) is 155 cm³/mol. The minimum Gasteiger partial charge on any atom is -0.497 e. The van der Waals surface area contributed by atoms with Crippen LogP contribution < -0.4 is 15.0 Å². The van der Waals surface area contributed by atoms with E-state index >= 15 is 0 Å². The van der Waals surface area contributed by atoms with Gasteiger partial charge in [0.05, 0.1) is 36.9 Å². The molecule has 7 heteroatoms. The normalized spacial score (nSPS) is 12.0. The number of aryl methyl sites for hydroxylation is 2. The number of ether oxygens (including phenoxy) is 2. The maximum Gasteiger partial charge on any atom is 0.266 e. The van der Waals surface area contributed by atoms with Crippen LogP contribution in [-0.4, -0.2) is 41.1 Å². The number of carbonyl (C=O) groups excluding carboxylic acids is 1. The van der Waals surface area contributed by atoms with E-state index in [4.69, 9.17) is 14.5 Å². The lowest BCUT2D eigenvalue weighted by Gasteiger charge is -2.31. The quantitative estimate of drug-likeness (QED) is 0.257. The second kappa shape index (κ2) is 11.7. The van der Waals surface area contributed by atoms with Gasteiger partial charge < -0.3 is 14.4 Å². The monoisotopic (exact) mass is 527 g/mol. The fourth-order valence-electron chi connectivity index (χ4n) is 4.65. The van der Waals surface area contributed by atoms with Crippen LogP contribution in [0.4, 0.5) is 0 Å². The molecule has 0 spiro atoms. The highest BCUT2D eigenvalue weighted by Gasteiger charge is 2.28. The summed E-state index contributed by atoms with van der Waals surface area (Å²) in [5.74, 6) is 1.76. The number of hydrogen-bond donors (Lipinski definition) is 0. The zero-order chi connectivity index (χ0) is 28.3. The molecule has 1 unspecified atom stereocenters. The number of methoxy groups -OCH3 is 2. The molecule has 0 N–H and O–H groups in total. The smallest absolute Gasteiger partial charge is 0.266 e. The first kappa shape index (κ1) is 27.9. The summed E-state index contributed by atoms with van der Waals surface area (Å²) in [5, 5.41) is 0.532. The van der Waals surface area contributed by atoms with Gasteiger partial charge in [0.2, 0.25) is 0 Å². The van der Waals surface area contributed by atoms with Crippen molar-refractivity contribution < 1.29 is 14.3 Å². The Morgan fingerprint density at radius 3 is 2.21 bits per heavy atom. The second-order valence-electron chi connectivity index (χ2n) is 10.4. The highest BCUT2D eigenvalue weighted by molar-refractivity contribution is 5.95. The third-order valence-corrected chi connectivity index (χ3v) is 7.20. The lowest BCUT2D eigenvalue weighted by Crippen LogP contribution is -2.38. The largest absolute Gasteiger partial charge is 0.497 e. The third kappa shape index (κ3) is 5.82. The molecular formula is C32H37N3O4. The SMILES string of the molecule is COc1cc(OC)cc(C(=O)N(CCC(C)C)C(C)c2nc3ccccc3c(=O)n2-c2ccc(C)c(C)c2)c1. The van der Waals surface area contributed by atoms with Crippen molar-refractivity contribution >= 4 is 16.8 Å². The second-order valence-corrected chi connectivity index (χ2v) is 10.4. The number of benzene rings is 3. The highest BCUT2D eigenvalue weighted by Crippen LogP contribution is 2.29. The predicted octanol–water partition coefficient (Wildman–Crippen LogP) is 6.27. The molecule has 3 aromatic carbocycles. The number of hydrogen-bond acceptors (Lipinski definition) is 5. The molecule has 0 fully saturated rings. The van der Waals surface area contributed by atoms with E-state index in [1.54, 1.807) is 48.0 Å². The average Bonchev–Trinajstić information content (AvgIpc) is 2.93. The van der Waals surface area contributed by atoms with Gasteiger partial charge in [-0.3, -0.25) is 14.2 Å². The summed E-state index contributed by atoms with van der Waals surface area (Å²) in [5.41, 5.74) is 3.82. The fourth-order valence-corrected chi connectivity index (χ4v) is 4.65. The Hall–Kier alpha value is -4.13. The summed E-state index contributed by atoms with van der Waals surface area (Å²) >= 11 is 0. The summed E-state index contributed by atoms with van der Waals surface area (Å²) in [6.45, 7) is 10.7. The van der Waals surface area contributed by atoms with E-state index in [2.05, 4.69) is 13.8 Å². The molecule has 0 aliphatic heterocycles. The van der Waals surface area contributed by atoms with Crippen molar-refractivity contribution in [2.24, 2.45) is 5.92 Å². The van der Waals surface area contributed by atoms with Crippen LogP contribution in [0.15, 0.2) is 65.5 Å². The molecule has 4 aromatic rings. The van der Waals surface area contributed by atoms with E-state index in [-0.39, 0.29) is 11.5 Å². The Morgan fingerprint density at radius 1 is 0.923 bits per heavy atom. The first-order valence-corrected chi connectivity index (χ1v) is 13.3. The van der Waals surface area contributed by atoms with Crippen LogP contribution in [0.3, 0.4) is 0 Å². The van der Waals surface area contributed by atoms with E-state index in [0.717, 1.165) is 23.2 Å². The average molecular weight is 528 g/mol. The van der Waals surface area contributed by atoms with Crippen molar-refractivity contribution in [1.82, 2.24) is 14.5 Å². The molecule has 1 aromatic heterocycles. The standard InChI is InChI=1S/C32H37N3O4/c1-20(2)14-15-34(31(36)24-17-26(38-6)19-27(18-24)39-7)23(5)30-33-29-11-9-8-10-28(29)32(37)35(30)25-13-12-21(3)22(4)16-25/h8-13,16-20,23H,14-15H2,1-7H3. The van der Waals surface area contributed by atoms with Gasteiger partial charge in [0.25, 0.3) is 11.5 Å². The Bertz CT molecular complexity index is 1540. The van der Waals surface area contributed by atoms with Crippen LogP contribution in [0.1, 0.15) is 60.5 Å². The van der Waals surface area contributed by atoms with E-state index < -0.39 is 6.04 Å². The van der Waals surface area contributed by atoms with E-state index in [1.807, 2.05) is 57.2 Å². The third-order valence-electron chi connectivity index (χ3n) is 7.20. The molecule has 7 nitrogen and oxygen atoms in total. The van der Waals surface area contributed by atoms with Crippen LogP contribution in [0, 0.1) is 19.8 Å². The van der Waals surface area contributed by atoms with Gasteiger partial charge in [0, 0.05) is 18.2 Å². The molecular weight excluding hydrogens is 490 g/mol. The summed E-state index contributed by atoms with van der Waals surface area (Å²) in [4.78, 5) is 34.8. The maximum atomic E-state index is 14.1. The van der Waals surface area contributed by atoms with Crippen LogP contribution in [-0.2, 0) is 0 Å². The minimum atomic E-state index is -0.507. The van der Waals surface area contributed by atoms with Crippen molar-refractivity contribution in [3.63, 3.8) is 0 Å². The summed E-state index contributed by atoms with van der Waals surface area (Å²) < 4.78 is 12.5. The maximum absolute atomic E-state index is 14.1. The number of carbonyl (C=O) groups is 1. The summed E-state index contributed by atoms with van der Waals surface area (Å²) in [6.07, 6.45) is 0.790. The first-order valence-electron chi connectivity index (χ1n) is 13.3. The number of aromatic nitrogens is 2. The van der Waals surface area contributed by atoms with Crippen LogP contribution >= 0.6 is 0 Å². The topological polar surface area (TPSA) is 73.7 Å². The number of nitrogens with zero attached hydrogens (tertiary/aromatic N) is 3. The first-order chi connectivity index (χ1) is 18.6. The highest BCUT2D eigenvalue weighted by atomic mass is 16.5. The number of fused-ring (bicyclic) bond motifs is 1. The summed E-state index contributed by atoms with van der Waals surface area (Å²) in [6, 6.07) is 17.9. The Labute approximate surface area is 230 Å². The van der Waals surface area contributed by atoms with Gasteiger partial charge in [-0.15, -0.1) is 0 Å². The molecule has 0 saturated carbocycles. The van der Waals surface area contributed by atoms with E-state index in [0.29, 0.717) is 46.3 Å². The van der Waals surface area contributed by atoms with Gasteiger partial charge in [-0.1, -0.05) is 32.0 Å². The molecule has 1 atom stereocenters. The lowest BCUT2D eigenvalue weighted by atomic mass is 10.1. The Balaban J connectivity index is 1.92. The fraction of sp³-hybridized carbons (Fsp3) is 0.344. The van der Waals surface area contributed by atoms with E-state index in [1.165, 1.54) is 0 Å². The number of rotatable bonds is 9. The molecule has 0 aliphatic rings. The molecule has 4 rings (SSSR count). The molecule has 0 radical (unpaired) electrons. The van der Waals surface area contributed by atoms with Gasteiger partial charge in [-0.25, -0.2) is 4.98 Å². The zero-order valence-electron chi connectivity index (χ0n) is 23.8. The van der Waals surface area contributed by atoms with Crippen molar-refractivity contribution in [2.75, 3.05) is 20.8 Å². The molecule has 204 valence electrons. The van der Waals surface area contributed by atoms with Crippen molar-refractivity contribution in [1.29, 1.82) is 0 Å². The van der Waals surface area contributed by atoms with Gasteiger partial charge in [0.15, 0.2) is 0 Å².